The first-order chi connectivity index (χ1) is 8.97. The number of carbonyl (C=O) groups excluding carboxylic acids is 2. The smallest absolute Gasteiger partial charge is 0.253 e. The summed E-state index contributed by atoms with van der Waals surface area (Å²) in [4.78, 5) is 25.1. The largest absolute Gasteiger partial charge is 0.339 e. The van der Waals surface area contributed by atoms with E-state index in [2.05, 4.69) is 15.9 Å². The third-order valence-electron chi connectivity index (χ3n) is 3.49. The van der Waals surface area contributed by atoms with Gasteiger partial charge in [0.05, 0.1) is 0 Å². The molecular weight excluding hydrogens is 313 g/mol. The molecule has 102 valence electrons. The summed E-state index contributed by atoms with van der Waals surface area (Å²) in [7, 11) is 1.71. The van der Waals surface area contributed by atoms with Crippen molar-refractivity contribution in [1.29, 1.82) is 0 Å². The minimum atomic E-state index is -0.440. The molecule has 5 heteroatoms. The maximum atomic E-state index is 13.3. The Morgan fingerprint density at radius 2 is 1.95 bits per heavy atom. The molecule has 0 N–H and O–H groups in total. The number of Topliss-reactive ketones (excluding diaryl/α,β-unsaturated/α-hetero) is 1. The van der Waals surface area contributed by atoms with Gasteiger partial charge in [0.2, 0.25) is 0 Å². The molecule has 1 aliphatic carbocycles. The highest BCUT2D eigenvalue weighted by molar-refractivity contribution is 9.10. The van der Waals surface area contributed by atoms with E-state index in [1.165, 1.54) is 12.1 Å². The third-order valence-corrected chi connectivity index (χ3v) is 3.95. The zero-order chi connectivity index (χ0) is 14.0. The molecule has 0 aliphatic heterocycles. The lowest BCUT2D eigenvalue weighted by molar-refractivity contribution is -0.121. The molecule has 0 atom stereocenters. The van der Waals surface area contributed by atoms with Crippen LogP contribution in [0.25, 0.3) is 0 Å². The molecule has 2 rings (SSSR count). The van der Waals surface area contributed by atoms with Crippen molar-refractivity contribution < 1.29 is 14.0 Å². The standard InChI is InChI=1S/C14H15BrFNO2/c1-17(12-2-4-13(18)5-3-12)14(19)9-6-10(15)8-11(16)7-9/h6-8,12H,2-5H2,1H3. The average Bonchev–Trinajstić information content (AvgIpc) is 2.37. The molecule has 19 heavy (non-hydrogen) atoms. The molecule has 0 unspecified atom stereocenters. The molecule has 1 aromatic rings. The van der Waals surface area contributed by atoms with Gasteiger partial charge in [-0.25, -0.2) is 4.39 Å². The van der Waals surface area contributed by atoms with Crippen molar-refractivity contribution in [2.45, 2.75) is 31.7 Å². The Bertz CT molecular complexity index is 488. The Hall–Kier alpha value is -1.23. The van der Waals surface area contributed by atoms with Crippen molar-refractivity contribution in [3.8, 4) is 0 Å². The number of carbonyl (C=O) groups is 2. The quantitative estimate of drug-likeness (QED) is 0.836. The number of hydrogen-bond acceptors (Lipinski definition) is 2. The summed E-state index contributed by atoms with van der Waals surface area (Å²) in [5.41, 5.74) is 0.325. The van der Waals surface area contributed by atoms with Crippen LogP contribution in [0, 0.1) is 5.82 Å². The average molecular weight is 328 g/mol. The lowest BCUT2D eigenvalue weighted by Gasteiger charge is -2.30. The van der Waals surface area contributed by atoms with Gasteiger partial charge < -0.3 is 4.90 Å². The Kier molecular flexibility index (Phi) is 4.34. The van der Waals surface area contributed by atoms with Gasteiger partial charge in [-0.15, -0.1) is 0 Å². The molecule has 0 saturated heterocycles. The first kappa shape index (κ1) is 14.2. The Morgan fingerprint density at radius 3 is 2.53 bits per heavy atom. The van der Waals surface area contributed by atoms with E-state index in [0.717, 1.165) is 0 Å². The topological polar surface area (TPSA) is 37.4 Å². The second-order valence-electron chi connectivity index (χ2n) is 4.84. The molecule has 1 saturated carbocycles. The molecular formula is C14H15BrFNO2. The fourth-order valence-corrected chi connectivity index (χ4v) is 2.82. The number of ketones is 1. The van der Waals surface area contributed by atoms with Gasteiger partial charge in [0.15, 0.2) is 0 Å². The lowest BCUT2D eigenvalue weighted by atomic mass is 9.93. The SMILES string of the molecule is CN(C(=O)c1cc(F)cc(Br)c1)C1CCC(=O)CC1. The Balaban J connectivity index is 2.12. The van der Waals surface area contributed by atoms with E-state index < -0.39 is 5.82 Å². The van der Waals surface area contributed by atoms with Gasteiger partial charge in [0, 0.05) is 36.0 Å². The molecule has 1 fully saturated rings. The summed E-state index contributed by atoms with van der Waals surface area (Å²) in [6.45, 7) is 0. The fraction of sp³-hybridized carbons (Fsp3) is 0.429. The molecule has 0 heterocycles. The normalized spacial score (nSPS) is 16.5. The first-order valence-electron chi connectivity index (χ1n) is 6.22. The molecule has 0 aromatic heterocycles. The van der Waals surface area contributed by atoms with Gasteiger partial charge in [-0.2, -0.15) is 0 Å². The number of benzene rings is 1. The third kappa shape index (κ3) is 3.41. The molecule has 0 radical (unpaired) electrons. The van der Waals surface area contributed by atoms with Crippen LogP contribution in [-0.4, -0.2) is 29.7 Å². The van der Waals surface area contributed by atoms with E-state index >= 15 is 0 Å². The summed E-state index contributed by atoms with van der Waals surface area (Å²) < 4.78 is 13.8. The summed E-state index contributed by atoms with van der Waals surface area (Å²) in [5, 5.41) is 0. The van der Waals surface area contributed by atoms with Crippen LogP contribution in [0.4, 0.5) is 4.39 Å². The fourth-order valence-electron chi connectivity index (χ4n) is 2.36. The van der Waals surface area contributed by atoms with Crippen molar-refractivity contribution in [2.75, 3.05) is 7.05 Å². The predicted octanol–water partition coefficient (Wildman–Crippen LogP) is 3.17. The van der Waals surface area contributed by atoms with Crippen LogP contribution in [0.3, 0.4) is 0 Å². The van der Waals surface area contributed by atoms with E-state index in [4.69, 9.17) is 0 Å². The van der Waals surface area contributed by atoms with Gasteiger partial charge in [0.1, 0.15) is 11.6 Å². The van der Waals surface area contributed by atoms with Crippen LogP contribution >= 0.6 is 15.9 Å². The van der Waals surface area contributed by atoms with Gasteiger partial charge in [0.25, 0.3) is 5.91 Å². The number of hydrogen-bond donors (Lipinski definition) is 0. The molecule has 0 bridgehead atoms. The summed E-state index contributed by atoms with van der Waals surface area (Å²) >= 11 is 3.18. The maximum absolute atomic E-state index is 13.3. The van der Waals surface area contributed by atoms with Crippen molar-refractivity contribution in [3.05, 3.63) is 34.1 Å². The zero-order valence-corrected chi connectivity index (χ0v) is 12.2. The number of rotatable bonds is 2. The molecule has 0 spiro atoms. The minimum absolute atomic E-state index is 0.0623. The predicted molar refractivity (Wildman–Crippen MR) is 73.5 cm³/mol. The van der Waals surface area contributed by atoms with Gasteiger partial charge >= 0.3 is 0 Å². The van der Waals surface area contributed by atoms with Crippen molar-refractivity contribution in [3.63, 3.8) is 0 Å². The summed E-state index contributed by atoms with van der Waals surface area (Å²) in [5.74, 6) is -0.393. The van der Waals surface area contributed by atoms with Crippen LogP contribution in [0.1, 0.15) is 36.0 Å². The summed E-state index contributed by atoms with van der Waals surface area (Å²) in [6, 6.07) is 4.22. The highest BCUT2D eigenvalue weighted by atomic mass is 79.9. The monoisotopic (exact) mass is 327 g/mol. The van der Waals surface area contributed by atoms with E-state index in [-0.39, 0.29) is 17.7 Å². The van der Waals surface area contributed by atoms with Crippen LogP contribution in [-0.2, 0) is 4.79 Å². The highest BCUT2D eigenvalue weighted by Gasteiger charge is 2.26. The molecule has 1 aliphatic rings. The Labute approximate surface area is 119 Å². The van der Waals surface area contributed by atoms with E-state index in [0.29, 0.717) is 35.7 Å². The van der Waals surface area contributed by atoms with Gasteiger partial charge in [-0.1, -0.05) is 15.9 Å². The first-order valence-corrected chi connectivity index (χ1v) is 7.01. The van der Waals surface area contributed by atoms with Crippen molar-refractivity contribution in [2.24, 2.45) is 0 Å². The van der Waals surface area contributed by atoms with Crippen LogP contribution in [0.5, 0.6) is 0 Å². The number of amides is 1. The summed E-state index contributed by atoms with van der Waals surface area (Å²) in [6.07, 6.45) is 2.43. The number of nitrogens with zero attached hydrogens (tertiary/aromatic N) is 1. The van der Waals surface area contributed by atoms with E-state index in [1.807, 2.05) is 0 Å². The van der Waals surface area contributed by atoms with Crippen LogP contribution < -0.4 is 0 Å². The lowest BCUT2D eigenvalue weighted by Crippen LogP contribution is -2.39. The highest BCUT2D eigenvalue weighted by Crippen LogP contribution is 2.22. The number of halogens is 2. The second kappa shape index (κ2) is 5.82. The molecule has 1 amide bonds. The van der Waals surface area contributed by atoms with Crippen molar-refractivity contribution >= 4 is 27.6 Å². The van der Waals surface area contributed by atoms with Gasteiger partial charge in [-0.05, 0) is 31.0 Å². The second-order valence-corrected chi connectivity index (χ2v) is 5.76. The maximum Gasteiger partial charge on any atom is 0.253 e. The van der Waals surface area contributed by atoms with E-state index in [1.54, 1.807) is 18.0 Å². The van der Waals surface area contributed by atoms with Crippen LogP contribution in [0.15, 0.2) is 22.7 Å². The Morgan fingerprint density at radius 1 is 1.32 bits per heavy atom. The molecule has 1 aromatic carbocycles. The van der Waals surface area contributed by atoms with Crippen LogP contribution in [0.2, 0.25) is 0 Å². The molecule has 3 nitrogen and oxygen atoms in total. The van der Waals surface area contributed by atoms with Crippen molar-refractivity contribution in [1.82, 2.24) is 4.90 Å². The van der Waals surface area contributed by atoms with Gasteiger partial charge in [-0.3, -0.25) is 9.59 Å². The van der Waals surface area contributed by atoms with E-state index in [9.17, 15) is 14.0 Å². The minimum Gasteiger partial charge on any atom is -0.339 e. The zero-order valence-electron chi connectivity index (χ0n) is 10.7.